The van der Waals surface area contributed by atoms with Gasteiger partial charge in [-0.05, 0) is 68.1 Å². The molecule has 22 heavy (non-hydrogen) atoms. The van der Waals surface area contributed by atoms with E-state index in [-0.39, 0.29) is 0 Å². The molecule has 1 unspecified atom stereocenters. The smallest absolute Gasteiger partial charge is 0.0729 e. The van der Waals surface area contributed by atoms with Gasteiger partial charge in [0.2, 0.25) is 0 Å². The van der Waals surface area contributed by atoms with Crippen LogP contribution in [0.2, 0.25) is 0 Å². The summed E-state index contributed by atoms with van der Waals surface area (Å²) >= 11 is 0. The van der Waals surface area contributed by atoms with Crippen LogP contribution >= 0.6 is 0 Å². The van der Waals surface area contributed by atoms with Crippen molar-refractivity contribution in [2.75, 3.05) is 5.32 Å². The first-order chi connectivity index (χ1) is 10.7. The summed E-state index contributed by atoms with van der Waals surface area (Å²) in [7, 11) is 0. The van der Waals surface area contributed by atoms with Gasteiger partial charge in [0.1, 0.15) is 0 Å². The predicted molar refractivity (Wildman–Crippen MR) is 90.1 cm³/mol. The average molecular weight is 295 g/mol. The van der Waals surface area contributed by atoms with Crippen molar-refractivity contribution in [1.29, 1.82) is 0 Å². The number of hydrogen-bond donors (Lipinski definition) is 1. The number of benzene rings is 1. The van der Waals surface area contributed by atoms with E-state index in [1.54, 1.807) is 5.56 Å². The largest absolute Gasteiger partial charge is 0.378 e. The molecule has 0 radical (unpaired) electrons. The molecule has 1 heterocycles. The standard InChI is InChI=1S/C19H25N3/c1-13-3-4-15(9-19(13)17-7-8-17)10-20-18-11-21-22(12-18)14(2)16-5-6-16/h3-4,9,11-12,14,16-17,20H,5-8,10H2,1-2H3. The van der Waals surface area contributed by atoms with E-state index in [4.69, 9.17) is 0 Å². The molecule has 2 aliphatic rings. The lowest BCUT2D eigenvalue weighted by Crippen LogP contribution is -2.07. The fourth-order valence-corrected chi connectivity index (χ4v) is 3.28. The van der Waals surface area contributed by atoms with Crippen LogP contribution in [0.1, 0.15) is 61.3 Å². The number of anilines is 1. The summed E-state index contributed by atoms with van der Waals surface area (Å²) in [5.74, 6) is 1.66. The Morgan fingerprint density at radius 1 is 1.27 bits per heavy atom. The predicted octanol–water partition coefficient (Wildman–Crippen LogP) is 4.65. The third-order valence-electron chi connectivity index (χ3n) is 5.18. The molecule has 1 N–H and O–H groups in total. The summed E-state index contributed by atoms with van der Waals surface area (Å²) in [4.78, 5) is 0. The summed E-state index contributed by atoms with van der Waals surface area (Å²) in [6, 6.07) is 7.43. The molecule has 4 rings (SSSR count). The summed E-state index contributed by atoms with van der Waals surface area (Å²) in [6.45, 7) is 5.38. The van der Waals surface area contributed by atoms with Crippen molar-refractivity contribution in [2.24, 2.45) is 5.92 Å². The summed E-state index contributed by atoms with van der Waals surface area (Å²) in [5.41, 5.74) is 5.49. The Morgan fingerprint density at radius 3 is 2.82 bits per heavy atom. The lowest BCUT2D eigenvalue weighted by Gasteiger charge is -2.10. The number of nitrogens with zero attached hydrogens (tertiary/aromatic N) is 2. The first-order valence-corrected chi connectivity index (χ1v) is 8.58. The van der Waals surface area contributed by atoms with Crippen LogP contribution in [-0.2, 0) is 6.54 Å². The molecule has 1 aromatic carbocycles. The lowest BCUT2D eigenvalue weighted by atomic mass is 10.0. The van der Waals surface area contributed by atoms with Gasteiger partial charge < -0.3 is 5.32 Å². The van der Waals surface area contributed by atoms with Crippen molar-refractivity contribution in [1.82, 2.24) is 9.78 Å². The molecule has 0 amide bonds. The van der Waals surface area contributed by atoms with Crippen molar-refractivity contribution >= 4 is 5.69 Å². The van der Waals surface area contributed by atoms with Crippen molar-refractivity contribution < 1.29 is 0 Å². The highest BCUT2D eigenvalue weighted by Crippen LogP contribution is 2.42. The molecule has 2 aliphatic carbocycles. The van der Waals surface area contributed by atoms with Gasteiger partial charge in [-0.15, -0.1) is 0 Å². The van der Waals surface area contributed by atoms with E-state index in [1.165, 1.54) is 36.8 Å². The van der Waals surface area contributed by atoms with Crippen LogP contribution < -0.4 is 5.32 Å². The molecule has 0 spiro atoms. The van der Waals surface area contributed by atoms with Gasteiger partial charge in [-0.1, -0.05) is 18.2 Å². The van der Waals surface area contributed by atoms with Gasteiger partial charge in [-0.2, -0.15) is 5.10 Å². The van der Waals surface area contributed by atoms with Crippen LogP contribution in [0.5, 0.6) is 0 Å². The molecule has 0 saturated heterocycles. The third-order valence-corrected chi connectivity index (χ3v) is 5.18. The van der Waals surface area contributed by atoms with Crippen molar-refractivity contribution in [3.8, 4) is 0 Å². The zero-order chi connectivity index (χ0) is 15.1. The normalized spacial score (nSPS) is 19.2. The maximum Gasteiger partial charge on any atom is 0.0729 e. The molecule has 116 valence electrons. The van der Waals surface area contributed by atoms with Gasteiger partial charge in [0.15, 0.2) is 0 Å². The summed E-state index contributed by atoms with van der Waals surface area (Å²) < 4.78 is 2.12. The van der Waals surface area contributed by atoms with Crippen LogP contribution in [-0.4, -0.2) is 9.78 Å². The topological polar surface area (TPSA) is 29.9 Å². The molecule has 2 saturated carbocycles. The minimum Gasteiger partial charge on any atom is -0.378 e. The van der Waals surface area contributed by atoms with Gasteiger partial charge in [-0.25, -0.2) is 0 Å². The SMILES string of the molecule is Cc1ccc(CNc2cnn(C(C)C3CC3)c2)cc1C1CC1. The number of aromatic nitrogens is 2. The molecule has 1 atom stereocenters. The quantitative estimate of drug-likeness (QED) is 0.840. The van der Waals surface area contributed by atoms with E-state index in [1.807, 2.05) is 6.20 Å². The van der Waals surface area contributed by atoms with E-state index in [2.05, 4.69) is 53.3 Å². The molecule has 0 bridgehead atoms. The first-order valence-electron chi connectivity index (χ1n) is 8.58. The van der Waals surface area contributed by atoms with E-state index >= 15 is 0 Å². The molecule has 1 aromatic heterocycles. The lowest BCUT2D eigenvalue weighted by molar-refractivity contribution is 0.440. The second-order valence-electron chi connectivity index (χ2n) is 7.11. The molecule has 3 heteroatoms. The number of hydrogen-bond acceptors (Lipinski definition) is 2. The van der Waals surface area contributed by atoms with Gasteiger partial charge >= 0.3 is 0 Å². The second kappa shape index (κ2) is 5.45. The fraction of sp³-hybridized carbons (Fsp3) is 0.526. The van der Waals surface area contributed by atoms with Crippen LogP contribution in [0.15, 0.2) is 30.6 Å². The maximum atomic E-state index is 4.51. The fourth-order valence-electron chi connectivity index (χ4n) is 3.28. The average Bonchev–Trinajstić information content (AvgIpc) is 3.43. The van der Waals surface area contributed by atoms with Crippen molar-refractivity contribution in [3.05, 3.63) is 47.3 Å². The molecule has 0 aliphatic heterocycles. The Bertz CT molecular complexity index is 665. The number of aryl methyl sites for hydroxylation is 1. The first kappa shape index (κ1) is 13.9. The van der Waals surface area contributed by atoms with Crippen LogP contribution in [0.3, 0.4) is 0 Å². The Morgan fingerprint density at radius 2 is 2.09 bits per heavy atom. The van der Waals surface area contributed by atoms with E-state index in [0.717, 1.165) is 24.1 Å². The molecule has 3 nitrogen and oxygen atoms in total. The van der Waals surface area contributed by atoms with E-state index in [0.29, 0.717) is 6.04 Å². The highest BCUT2D eigenvalue weighted by Gasteiger charge is 2.29. The van der Waals surface area contributed by atoms with Gasteiger partial charge in [0, 0.05) is 12.7 Å². The Labute approximate surface area is 132 Å². The monoisotopic (exact) mass is 295 g/mol. The maximum absolute atomic E-state index is 4.51. The molecular formula is C19H25N3. The number of rotatable bonds is 6. The minimum atomic E-state index is 0.538. The Balaban J connectivity index is 1.41. The second-order valence-corrected chi connectivity index (χ2v) is 7.11. The van der Waals surface area contributed by atoms with Crippen LogP contribution in [0, 0.1) is 12.8 Å². The van der Waals surface area contributed by atoms with Crippen LogP contribution in [0.4, 0.5) is 5.69 Å². The Kier molecular flexibility index (Phi) is 3.44. The van der Waals surface area contributed by atoms with E-state index in [9.17, 15) is 0 Å². The highest BCUT2D eigenvalue weighted by atomic mass is 15.3. The molecule has 2 fully saturated rings. The number of nitrogens with one attached hydrogen (secondary N) is 1. The van der Waals surface area contributed by atoms with Crippen molar-refractivity contribution in [2.45, 2.75) is 58.0 Å². The van der Waals surface area contributed by atoms with E-state index < -0.39 is 0 Å². The molecule has 2 aromatic rings. The minimum absolute atomic E-state index is 0.538. The molecular weight excluding hydrogens is 270 g/mol. The summed E-state index contributed by atoms with van der Waals surface area (Å²) in [5, 5.41) is 8.03. The van der Waals surface area contributed by atoms with Crippen molar-refractivity contribution in [3.63, 3.8) is 0 Å². The van der Waals surface area contributed by atoms with Gasteiger partial charge in [-0.3, -0.25) is 4.68 Å². The van der Waals surface area contributed by atoms with Crippen LogP contribution in [0.25, 0.3) is 0 Å². The van der Waals surface area contributed by atoms with Gasteiger partial charge in [0.05, 0.1) is 17.9 Å². The third kappa shape index (κ3) is 2.90. The summed E-state index contributed by atoms with van der Waals surface area (Å²) in [6.07, 6.45) is 9.55. The Hall–Kier alpha value is -1.77. The highest BCUT2D eigenvalue weighted by molar-refractivity contribution is 5.41. The zero-order valence-corrected chi connectivity index (χ0v) is 13.5. The van der Waals surface area contributed by atoms with Gasteiger partial charge in [0.25, 0.3) is 0 Å². The zero-order valence-electron chi connectivity index (χ0n) is 13.5.